The van der Waals surface area contributed by atoms with E-state index in [1.54, 1.807) is 18.2 Å². The number of carbonyl (C=O) groups excluding carboxylic acids is 2. The van der Waals surface area contributed by atoms with Crippen LogP contribution in [0.4, 0.5) is 5.82 Å². The minimum absolute atomic E-state index is 0.0949. The van der Waals surface area contributed by atoms with E-state index in [0.29, 0.717) is 16.9 Å². The van der Waals surface area contributed by atoms with Gasteiger partial charge in [-0.2, -0.15) is 4.68 Å². The third-order valence-corrected chi connectivity index (χ3v) is 4.20. The average Bonchev–Trinajstić information content (AvgIpc) is 2.98. The standard InChI is InChI=1S/C18H16ClN3O7/c1-18(2)28-16(23)12(17(24)29-18)7-10-4-5-14(27-3)11(6-10)8-21-9-13(19)15(20-21)22(25)26/h4-7,9H,8H2,1-3H3. The second kappa shape index (κ2) is 7.55. The lowest BCUT2D eigenvalue weighted by Crippen LogP contribution is -2.41. The van der Waals surface area contributed by atoms with Gasteiger partial charge < -0.3 is 24.3 Å². The number of benzene rings is 1. The Morgan fingerprint density at radius 3 is 2.52 bits per heavy atom. The van der Waals surface area contributed by atoms with Gasteiger partial charge in [-0.05, 0) is 28.7 Å². The predicted molar refractivity (Wildman–Crippen MR) is 100 cm³/mol. The molecule has 29 heavy (non-hydrogen) atoms. The number of rotatable bonds is 5. The van der Waals surface area contributed by atoms with Crippen LogP contribution in [0.1, 0.15) is 25.0 Å². The fourth-order valence-electron chi connectivity index (χ4n) is 2.72. The van der Waals surface area contributed by atoms with E-state index in [1.807, 2.05) is 0 Å². The molecule has 1 aromatic heterocycles. The number of hydrogen-bond donors (Lipinski definition) is 0. The summed E-state index contributed by atoms with van der Waals surface area (Å²) in [6.07, 6.45) is 2.66. The molecular weight excluding hydrogens is 406 g/mol. The van der Waals surface area contributed by atoms with Gasteiger partial charge in [0, 0.05) is 19.4 Å². The van der Waals surface area contributed by atoms with Crippen molar-refractivity contribution in [3.05, 3.63) is 56.2 Å². The molecule has 0 bridgehead atoms. The van der Waals surface area contributed by atoms with Gasteiger partial charge in [0.25, 0.3) is 5.79 Å². The van der Waals surface area contributed by atoms with E-state index in [9.17, 15) is 19.7 Å². The molecule has 2 aromatic rings. The van der Waals surface area contributed by atoms with Crippen molar-refractivity contribution < 1.29 is 28.7 Å². The van der Waals surface area contributed by atoms with E-state index in [1.165, 1.54) is 37.9 Å². The molecule has 0 atom stereocenters. The van der Waals surface area contributed by atoms with Crippen LogP contribution in [0.3, 0.4) is 0 Å². The van der Waals surface area contributed by atoms with Gasteiger partial charge in [0.15, 0.2) is 5.02 Å². The van der Waals surface area contributed by atoms with Crippen LogP contribution in [0.15, 0.2) is 30.0 Å². The zero-order valence-corrected chi connectivity index (χ0v) is 16.4. The predicted octanol–water partition coefficient (Wildman–Crippen LogP) is 2.72. The van der Waals surface area contributed by atoms with Crippen molar-refractivity contribution >= 4 is 35.4 Å². The third-order valence-electron chi connectivity index (χ3n) is 3.94. The Balaban J connectivity index is 1.93. The summed E-state index contributed by atoms with van der Waals surface area (Å²) in [5.74, 6) is -2.89. The number of carbonyl (C=O) groups is 2. The van der Waals surface area contributed by atoms with Gasteiger partial charge in [-0.15, -0.1) is 0 Å². The molecule has 0 aliphatic carbocycles. The van der Waals surface area contributed by atoms with Crippen molar-refractivity contribution in [1.82, 2.24) is 9.78 Å². The molecule has 1 aliphatic heterocycles. The Morgan fingerprint density at radius 2 is 1.97 bits per heavy atom. The molecule has 1 aromatic carbocycles. The largest absolute Gasteiger partial charge is 0.496 e. The molecule has 0 radical (unpaired) electrons. The summed E-state index contributed by atoms with van der Waals surface area (Å²) in [5.41, 5.74) is 0.837. The van der Waals surface area contributed by atoms with Crippen LogP contribution in [-0.4, -0.2) is 39.5 Å². The summed E-state index contributed by atoms with van der Waals surface area (Å²) in [6.45, 7) is 3.02. The van der Waals surface area contributed by atoms with E-state index >= 15 is 0 Å². The monoisotopic (exact) mass is 421 g/mol. The number of methoxy groups -OCH3 is 1. The molecule has 1 aliphatic rings. The molecule has 0 N–H and O–H groups in total. The van der Waals surface area contributed by atoms with Gasteiger partial charge in [0.05, 0.1) is 25.0 Å². The molecule has 3 rings (SSSR count). The minimum Gasteiger partial charge on any atom is -0.496 e. The number of hydrogen-bond acceptors (Lipinski definition) is 8. The first-order valence-corrected chi connectivity index (χ1v) is 8.70. The number of nitro groups is 1. The number of esters is 2. The first-order valence-electron chi connectivity index (χ1n) is 8.32. The van der Waals surface area contributed by atoms with E-state index in [-0.39, 0.29) is 17.1 Å². The van der Waals surface area contributed by atoms with Crippen LogP contribution < -0.4 is 4.74 Å². The zero-order chi connectivity index (χ0) is 21.3. The lowest BCUT2D eigenvalue weighted by Gasteiger charge is -2.29. The molecular formula is C18H16ClN3O7. The fraction of sp³-hybridized carbons (Fsp3) is 0.278. The highest BCUT2D eigenvalue weighted by Gasteiger charge is 2.38. The highest BCUT2D eigenvalue weighted by atomic mass is 35.5. The summed E-state index contributed by atoms with van der Waals surface area (Å²) in [4.78, 5) is 34.5. The van der Waals surface area contributed by atoms with Crippen molar-refractivity contribution in [3.63, 3.8) is 0 Å². The van der Waals surface area contributed by atoms with Gasteiger partial charge >= 0.3 is 17.8 Å². The topological polar surface area (TPSA) is 123 Å². The highest BCUT2D eigenvalue weighted by molar-refractivity contribution is 6.32. The third kappa shape index (κ3) is 4.37. The maximum atomic E-state index is 12.1. The van der Waals surface area contributed by atoms with Crippen LogP contribution >= 0.6 is 11.6 Å². The van der Waals surface area contributed by atoms with E-state index in [2.05, 4.69) is 5.10 Å². The van der Waals surface area contributed by atoms with E-state index < -0.39 is 28.5 Å². The van der Waals surface area contributed by atoms with Gasteiger partial charge in [0.2, 0.25) is 0 Å². The lowest BCUT2D eigenvalue weighted by molar-refractivity contribution is -0.389. The molecule has 0 unspecified atom stereocenters. The maximum Gasteiger partial charge on any atom is 0.408 e. The lowest BCUT2D eigenvalue weighted by atomic mass is 10.1. The Morgan fingerprint density at radius 1 is 1.31 bits per heavy atom. The highest BCUT2D eigenvalue weighted by Crippen LogP contribution is 2.28. The smallest absolute Gasteiger partial charge is 0.408 e. The summed E-state index contributed by atoms with van der Waals surface area (Å²) >= 11 is 5.83. The van der Waals surface area contributed by atoms with Crippen molar-refractivity contribution in [3.8, 4) is 5.75 Å². The Hall–Kier alpha value is -3.40. The van der Waals surface area contributed by atoms with Gasteiger partial charge in [0.1, 0.15) is 11.3 Å². The summed E-state index contributed by atoms with van der Waals surface area (Å²) in [5, 5.41) is 14.7. The molecule has 0 spiro atoms. The Labute approximate surface area is 169 Å². The van der Waals surface area contributed by atoms with E-state index in [4.69, 9.17) is 25.8 Å². The Bertz CT molecular complexity index is 1020. The zero-order valence-electron chi connectivity index (χ0n) is 15.7. The molecule has 2 heterocycles. The minimum atomic E-state index is -1.33. The van der Waals surface area contributed by atoms with Gasteiger partial charge in [-0.1, -0.05) is 17.7 Å². The number of nitrogens with zero attached hydrogens (tertiary/aromatic N) is 3. The van der Waals surface area contributed by atoms with Crippen LogP contribution in [0.25, 0.3) is 6.08 Å². The SMILES string of the molecule is COc1ccc(C=C2C(=O)OC(C)(C)OC2=O)cc1Cn1cc(Cl)c([N+](=O)[O-])n1. The summed E-state index contributed by atoms with van der Waals surface area (Å²) in [7, 11) is 1.47. The van der Waals surface area contributed by atoms with Crippen molar-refractivity contribution in [2.24, 2.45) is 0 Å². The van der Waals surface area contributed by atoms with Crippen LogP contribution in [0, 0.1) is 10.1 Å². The summed E-state index contributed by atoms with van der Waals surface area (Å²) in [6, 6.07) is 4.91. The van der Waals surface area contributed by atoms with Crippen molar-refractivity contribution in [2.45, 2.75) is 26.2 Å². The van der Waals surface area contributed by atoms with Crippen LogP contribution in [-0.2, 0) is 25.6 Å². The molecule has 152 valence electrons. The molecule has 10 nitrogen and oxygen atoms in total. The number of ether oxygens (including phenoxy) is 3. The van der Waals surface area contributed by atoms with Crippen LogP contribution in [0.2, 0.25) is 5.02 Å². The number of halogens is 1. The second-order valence-corrected chi connectivity index (χ2v) is 6.97. The molecule has 0 saturated carbocycles. The van der Waals surface area contributed by atoms with Gasteiger partial charge in [-0.25, -0.2) is 9.59 Å². The van der Waals surface area contributed by atoms with E-state index in [0.717, 1.165) is 0 Å². The maximum absolute atomic E-state index is 12.1. The summed E-state index contributed by atoms with van der Waals surface area (Å²) < 4.78 is 16.7. The second-order valence-electron chi connectivity index (χ2n) is 6.56. The molecule has 1 fully saturated rings. The van der Waals surface area contributed by atoms with Crippen LogP contribution in [0.5, 0.6) is 5.75 Å². The average molecular weight is 422 g/mol. The number of cyclic esters (lactones) is 2. The quantitative estimate of drug-likeness (QED) is 0.237. The number of aromatic nitrogens is 2. The molecule has 0 amide bonds. The van der Waals surface area contributed by atoms with Crippen molar-refractivity contribution in [2.75, 3.05) is 7.11 Å². The fourth-order valence-corrected chi connectivity index (χ4v) is 2.94. The Kier molecular flexibility index (Phi) is 5.29. The first-order chi connectivity index (χ1) is 13.6. The van der Waals surface area contributed by atoms with Gasteiger partial charge in [-0.3, -0.25) is 0 Å². The molecule has 11 heteroatoms. The first kappa shape index (κ1) is 20.3. The normalized spacial score (nSPS) is 15.5. The molecule has 1 saturated heterocycles. The van der Waals surface area contributed by atoms with Crippen molar-refractivity contribution in [1.29, 1.82) is 0 Å².